The zero-order valence-electron chi connectivity index (χ0n) is 17.4. The van der Waals surface area contributed by atoms with Crippen LogP contribution in [0.1, 0.15) is 43.5 Å². The minimum atomic E-state index is -0.0903. The van der Waals surface area contributed by atoms with Gasteiger partial charge in [-0.25, -0.2) is 4.68 Å². The van der Waals surface area contributed by atoms with E-state index in [-0.39, 0.29) is 5.91 Å². The third-order valence-corrected chi connectivity index (χ3v) is 5.05. The molecule has 0 fully saturated rings. The van der Waals surface area contributed by atoms with E-state index in [4.69, 9.17) is 0 Å². The molecule has 6 heteroatoms. The molecular formula is C23H31N5O. The summed E-state index contributed by atoms with van der Waals surface area (Å²) in [5, 5.41) is 7.56. The number of para-hydroxylation sites is 1. The van der Waals surface area contributed by atoms with E-state index in [1.54, 1.807) is 10.9 Å². The van der Waals surface area contributed by atoms with Crippen LogP contribution in [-0.4, -0.2) is 51.3 Å². The highest BCUT2D eigenvalue weighted by Crippen LogP contribution is 2.19. The van der Waals surface area contributed by atoms with Crippen molar-refractivity contribution in [3.63, 3.8) is 0 Å². The van der Waals surface area contributed by atoms with Gasteiger partial charge in [-0.2, -0.15) is 5.10 Å². The highest BCUT2D eigenvalue weighted by atomic mass is 16.1. The van der Waals surface area contributed by atoms with Crippen molar-refractivity contribution in [3.8, 4) is 11.5 Å². The van der Waals surface area contributed by atoms with Gasteiger partial charge in [0, 0.05) is 18.9 Å². The van der Waals surface area contributed by atoms with Crippen molar-refractivity contribution in [3.05, 3.63) is 66.6 Å². The van der Waals surface area contributed by atoms with E-state index in [0.29, 0.717) is 12.1 Å². The van der Waals surface area contributed by atoms with Crippen LogP contribution in [0.2, 0.25) is 0 Å². The van der Waals surface area contributed by atoms with Crippen molar-refractivity contribution in [1.29, 1.82) is 0 Å². The molecule has 0 aliphatic carbocycles. The number of nitrogens with zero attached hydrogens (tertiary/aromatic N) is 4. The molecule has 154 valence electrons. The molecule has 0 radical (unpaired) electrons. The number of hydrogen-bond donors (Lipinski definition) is 1. The van der Waals surface area contributed by atoms with E-state index in [1.165, 1.54) is 12.8 Å². The van der Waals surface area contributed by atoms with Crippen molar-refractivity contribution in [2.24, 2.45) is 0 Å². The average Bonchev–Trinajstić information content (AvgIpc) is 3.43. The van der Waals surface area contributed by atoms with Gasteiger partial charge in [0.2, 0.25) is 0 Å². The molecule has 0 unspecified atom stereocenters. The molecule has 3 aromatic rings. The fourth-order valence-electron chi connectivity index (χ4n) is 3.39. The summed E-state index contributed by atoms with van der Waals surface area (Å²) >= 11 is 0. The highest BCUT2D eigenvalue weighted by molar-refractivity contribution is 5.97. The van der Waals surface area contributed by atoms with Gasteiger partial charge >= 0.3 is 0 Å². The van der Waals surface area contributed by atoms with Crippen LogP contribution in [0.25, 0.3) is 11.5 Å². The first-order chi connectivity index (χ1) is 14.2. The standard InChI is InChI=1S/C23H31N5O/c1-3-5-15-26(4-2)16-11-14-24-22(29)21-19-25-28(20-12-7-6-8-13-20)23(21)27-17-9-10-18-27/h6-10,12-13,17-19H,3-5,11,14-16H2,1-2H3,(H,24,29). The Labute approximate surface area is 173 Å². The molecule has 0 saturated carbocycles. The predicted molar refractivity (Wildman–Crippen MR) is 117 cm³/mol. The van der Waals surface area contributed by atoms with Gasteiger partial charge in [0.15, 0.2) is 5.82 Å². The number of rotatable bonds is 11. The van der Waals surface area contributed by atoms with Crippen molar-refractivity contribution in [2.45, 2.75) is 33.1 Å². The molecule has 0 bridgehead atoms. The number of amides is 1. The summed E-state index contributed by atoms with van der Waals surface area (Å²) < 4.78 is 3.73. The van der Waals surface area contributed by atoms with Crippen LogP contribution < -0.4 is 5.32 Å². The SMILES string of the molecule is CCCCN(CC)CCCNC(=O)c1cnn(-c2ccccc2)c1-n1cccc1. The van der Waals surface area contributed by atoms with E-state index in [0.717, 1.165) is 37.6 Å². The molecule has 0 aliphatic rings. The zero-order valence-corrected chi connectivity index (χ0v) is 17.4. The third-order valence-electron chi connectivity index (χ3n) is 5.05. The molecule has 0 saturated heterocycles. The first kappa shape index (κ1) is 20.9. The largest absolute Gasteiger partial charge is 0.352 e. The Kier molecular flexibility index (Phi) is 7.64. The lowest BCUT2D eigenvalue weighted by molar-refractivity contribution is 0.0951. The molecule has 6 nitrogen and oxygen atoms in total. The van der Waals surface area contributed by atoms with Crippen LogP contribution in [0.4, 0.5) is 0 Å². The number of nitrogens with one attached hydrogen (secondary N) is 1. The van der Waals surface area contributed by atoms with E-state index in [1.807, 2.05) is 59.4 Å². The summed E-state index contributed by atoms with van der Waals surface area (Å²) in [5.41, 5.74) is 1.49. The highest BCUT2D eigenvalue weighted by Gasteiger charge is 2.19. The maximum atomic E-state index is 12.9. The van der Waals surface area contributed by atoms with E-state index >= 15 is 0 Å². The Hall–Kier alpha value is -2.86. The van der Waals surface area contributed by atoms with Crippen molar-refractivity contribution < 1.29 is 4.79 Å². The van der Waals surface area contributed by atoms with E-state index in [9.17, 15) is 4.79 Å². The van der Waals surface area contributed by atoms with Gasteiger partial charge in [0.25, 0.3) is 5.91 Å². The Morgan fingerprint density at radius 1 is 1.03 bits per heavy atom. The summed E-state index contributed by atoms with van der Waals surface area (Å²) in [6, 6.07) is 13.8. The summed E-state index contributed by atoms with van der Waals surface area (Å²) in [6.07, 6.45) is 8.88. The maximum absolute atomic E-state index is 12.9. The Balaban J connectivity index is 1.69. The molecule has 29 heavy (non-hydrogen) atoms. The van der Waals surface area contributed by atoms with Crippen molar-refractivity contribution in [2.75, 3.05) is 26.2 Å². The summed E-state index contributed by atoms with van der Waals surface area (Å²) in [7, 11) is 0. The van der Waals surface area contributed by atoms with Crippen LogP contribution in [0.15, 0.2) is 61.1 Å². The number of hydrogen-bond acceptors (Lipinski definition) is 3. The van der Waals surface area contributed by atoms with Crippen molar-refractivity contribution in [1.82, 2.24) is 24.6 Å². The van der Waals surface area contributed by atoms with Crippen LogP contribution >= 0.6 is 0 Å². The minimum absolute atomic E-state index is 0.0903. The molecule has 0 aliphatic heterocycles. The second-order valence-electron chi connectivity index (χ2n) is 7.12. The molecule has 0 atom stereocenters. The lowest BCUT2D eigenvalue weighted by Crippen LogP contribution is -2.31. The lowest BCUT2D eigenvalue weighted by Gasteiger charge is -2.19. The van der Waals surface area contributed by atoms with Gasteiger partial charge < -0.3 is 14.8 Å². The fraction of sp³-hybridized carbons (Fsp3) is 0.391. The van der Waals surface area contributed by atoms with Crippen LogP contribution in [0.3, 0.4) is 0 Å². The fourth-order valence-corrected chi connectivity index (χ4v) is 3.39. The summed E-state index contributed by atoms with van der Waals surface area (Å²) in [5.74, 6) is 0.657. The molecule has 1 aromatic carbocycles. The molecule has 0 spiro atoms. The minimum Gasteiger partial charge on any atom is -0.352 e. The lowest BCUT2D eigenvalue weighted by atomic mass is 10.2. The first-order valence-corrected chi connectivity index (χ1v) is 10.5. The Morgan fingerprint density at radius 2 is 1.76 bits per heavy atom. The van der Waals surface area contributed by atoms with Gasteiger partial charge in [0.05, 0.1) is 11.9 Å². The summed E-state index contributed by atoms with van der Waals surface area (Å²) in [6.45, 7) is 8.24. The van der Waals surface area contributed by atoms with Crippen LogP contribution in [-0.2, 0) is 0 Å². The second kappa shape index (κ2) is 10.6. The quantitative estimate of drug-likeness (QED) is 0.503. The number of carbonyl (C=O) groups is 1. The van der Waals surface area contributed by atoms with E-state index in [2.05, 4.69) is 29.2 Å². The average molecular weight is 394 g/mol. The van der Waals surface area contributed by atoms with Gasteiger partial charge in [0.1, 0.15) is 5.56 Å². The maximum Gasteiger partial charge on any atom is 0.256 e. The Morgan fingerprint density at radius 3 is 2.45 bits per heavy atom. The topological polar surface area (TPSA) is 55.1 Å². The van der Waals surface area contributed by atoms with Gasteiger partial charge in [-0.15, -0.1) is 0 Å². The number of unbranched alkanes of at least 4 members (excludes halogenated alkanes) is 1. The van der Waals surface area contributed by atoms with Crippen LogP contribution in [0, 0.1) is 0 Å². The first-order valence-electron chi connectivity index (χ1n) is 10.5. The van der Waals surface area contributed by atoms with Gasteiger partial charge in [-0.3, -0.25) is 4.79 Å². The number of carbonyl (C=O) groups excluding carboxylic acids is 1. The molecular weight excluding hydrogens is 362 g/mol. The number of benzene rings is 1. The summed E-state index contributed by atoms with van der Waals surface area (Å²) in [4.78, 5) is 15.3. The predicted octanol–water partition coefficient (Wildman–Crippen LogP) is 3.90. The Bertz CT molecular complexity index is 870. The third kappa shape index (κ3) is 5.35. The molecule has 3 rings (SSSR count). The number of aromatic nitrogens is 3. The monoisotopic (exact) mass is 393 g/mol. The molecule has 1 N–H and O–H groups in total. The smallest absolute Gasteiger partial charge is 0.256 e. The second-order valence-corrected chi connectivity index (χ2v) is 7.12. The van der Waals surface area contributed by atoms with Crippen molar-refractivity contribution >= 4 is 5.91 Å². The van der Waals surface area contributed by atoms with Gasteiger partial charge in [-0.1, -0.05) is 38.5 Å². The molecule has 1 amide bonds. The molecule has 2 heterocycles. The van der Waals surface area contributed by atoms with E-state index < -0.39 is 0 Å². The van der Waals surface area contributed by atoms with Crippen LogP contribution in [0.5, 0.6) is 0 Å². The normalized spacial score (nSPS) is 11.1. The zero-order chi connectivity index (χ0) is 20.5. The molecule has 2 aromatic heterocycles. The van der Waals surface area contributed by atoms with Gasteiger partial charge in [-0.05, 0) is 56.7 Å².